The van der Waals surface area contributed by atoms with Crippen LogP contribution in [0.25, 0.3) is 0 Å². The molecule has 0 unspecified atom stereocenters. The molecule has 1 aromatic carbocycles. The van der Waals surface area contributed by atoms with Gasteiger partial charge >= 0.3 is 5.97 Å². The number of benzene rings is 1. The lowest BCUT2D eigenvalue weighted by Crippen LogP contribution is -2.27. The molecule has 0 radical (unpaired) electrons. The normalized spacial score (nSPS) is 30.4. The number of nitro groups is 1. The predicted octanol–water partition coefficient (Wildman–Crippen LogP) is 2.67. The first kappa shape index (κ1) is 12.8. The zero-order chi connectivity index (χ0) is 14.3. The first-order valence-corrected chi connectivity index (χ1v) is 6.62. The van der Waals surface area contributed by atoms with Crippen LogP contribution in [0, 0.1) is 27.9 Å². The number of methoxy groups -OCH3 is 1. The molecule has 2 bridgehead atoms. The number of carbonyl (C=O) groups is 1. The fourth-order valence-electron chi connectivity index (χ4n) is 3.55. The molecule has 0 saturated heterocycles. The zero-order valence-electron chi connectivity index (χ0n) is 11.1. The second-order valence-corrected chi connectivity index (χ2v) is 5.37. The molecule has 3 rings (SSSR count). The predicted molar refractivity (Wildman–Crippen MR) is 72.1 cm³/mol. The number of nitrogens with zero attached hydrogens (tertiary/aromatic N) is 1. The van der Waals surface area contributed by atoms with Gasteiger partial charge in [-0.05, 0) is 23.8 Å². The van der Waals surface area contributed by atoms with E-state index >= 15 is 0 Å². The number of allylic oxidation sites excluding steroid dienone is 2. The Bertz CT molecular complexity index is 578. The minimum absolute atomic E-state index is 0.0678. The molecule has 4 atom stereocenters. The molecule has 2 aliphatic rings. The molecule has 1 fully saturated rings. The van der Waals surface area contributed by atoms with E-state index in [0.717, 1.165) is 12.0 Å². The van der Waals surface area contributed by atoms with E-state index in [1.807, 2.05) is 0 Å². The van der Waals surface area contributed by atoms with Gasteiger partial charge in [0.25, 0.3) is 5.69 Å². The average Bonchev–Trinajstić information content (AvgIpc) is 3.07. The molecule has 0 N–H and O–H groups in total. The number of non-ortho nitro benzene ring substituents is 1. The van der Waals surface area contributed by atoms with Crippen LogP contribution in [0.4, 0.5) is 5.69 Å². The molecule has 0 heterocycles. The van der Waals surface area contributed by atoms with Crippen molar-refractivity contribution in [3.8, 4) is 0 Å². The van der Waals surface area contributed by atoms with Crippen LogP contribution in [0.3, 0.4) is 0 Å². The number of fused-ring (bicyclic) bond motifs is 2. The van der Waals surface area contributed by atoms with Crippen LogP contribution in [0.2, 0.25) is 0 Å². The molecule has 0 aromatic heterocycles. The lowest BCUT2D eigenvalue weighted by atomic mass is 9.78. The van der Waals surface area contributed by atoms with Gasteiger partial charge in [-0.1, -0.05) is 24.3 Å². The van der Waals surface area contributed by atoms with Crippen molar-refractivity contribution in [1.82, 2.24) is 0 Å². The summed E-state index contributed by atoms with van der Waals surface area (Å²) in [5.74, 6) is 0.262. The lowest BCUT2D eigenvalue weighted by Gasteiger charge is -2.26. The Morgan fingerprint density at radius 2 is 1.90 bits per heavy atom. The Morgan fingerprint density at radius 1 is 1.25 bits per heavy atom. The Balaban J connectivity index is 1.93. The molecule has 5 heteroatoms. The monoisotopic (exact) mass is 273 g/mol. The summed E-state index contributed by atoms with van der Waals surface area (Å²) in [6, 6.07) is 6.51. The van der Waals surface area contributed by atoms with Crippen LogP contribution in [-0.2, 0) is 9.53 Å². The number of hydrogen-bond acceptors (Lipinski definition) is 4. The van der Waals surface area contributed by atoms with E-state index in [2.05, 4.69) is 12.2 Å². The van der Waals surface area contributed by atoms with Gasteiger partial charge in [0.05, 0.1) is 18.0 Å². The number of rotatable bonds is 3. The van der Waals surface area contributed by atoms with Crippen molar-refractivity contribution < 1.29 is 14.5 Å². The number of hydrogen-bond donors (Lipinski definition) is 0. The summed E-state index contributed by atoms with van der Waals surface area (Å²) in [5, 5.41) is 10.7. The second kappa shape index (κ2) is 4.74. The van der Waals surface area contributed by atoms with Crippen LogP contribution >= 0.6 is 0 Å². The molecular weight excluding hydrogens is 258 g/mol. The maximum absolute atomic E-state index is 12.0. The van der Waals surface area contributed by atoms with Crippen LogP contribution in [-0.4, -0.2) is 18.0 Å². The quantitative estimate of drug-likeness (QED) is 0.367. The van der Waals surface area contributed by atoms with E-state index in [1.54, 1.807) is 12.1 Å². The molecule has 0 amide bonds. The van der Waals surface area contributed by atoms with Gasteiger partial charge in [-0.15, -0.1) is 0 Å². The van der Waals surface area contributed by atoms with Gasteiger partial charge in [0.1, 0.15) is 0 Å². The van der Waals surface area contributed by atoms with Crippen molar-refractivity contribution >= 4 is 11.7 Å². The van der Waals surface area contributed by atoms with Gasteiger partial charge < -0.3 is 4.74 Å². The van der Waals surface area contributed by atoms with Crippen molar-refractivity contribution in [2.24, 2.45) is 17.8 Å². The van der Waals surface area contributed by atoms with Crippen LogP contribution in [0.15, 0.2) is 36.4 Å². The largest absolute Gasteiger partial charge is 0.469 e. The topological polar surface area (TPSA) is 69.4 Å². The summed E-state index contributed by atoms with van der Waals surface area (Å²) in [4.78, 5) is 22.3. The third kappa shape index (κ3) is 1.90. The minimum Gasteiger partial charge on any atom is -0.469 e. The van der Waals surface area contributed by atoms with Gasteiger partial charge in [0.2, 0.25) is 0 Å². The highest BCUT2D eigenvalue weighted by Gasteiger charge is 2.49. The molecule has 0 aliphatic heterocycles. The van der Waals surface area contributed by atoms with Crippen molar-refractivity contribution in [2.45, 2.75) is 12.3 Å². The van der Waals surface area contributed by atoms with Gasteiger partial charge in [0, 0.05) is 18.1 Å². The highest BCUT2D eigenvalue weighted by atomic mass is 16.6. The fourth-order valence-corrected chi connectivity index (χ4v) is 3.55. The zero-order valence-corrected chi connectivity index (χ0v) is 11.1. The van der Waals surface area contributed by atoms with Crippen molar-refractivity contribution in [3.63, 3.8) is 0 Å². The number of carbonyl (C=O) groups excluding carboxylic acids is 1. The summed E-state index contributed by atoms with van der Waals surface area (Å²) in [6.45, 7) is 0. The molecule has 0 spiro atoms. The van der Waals surface area contributed by atoms with E-state index in [1.165, 1.54) is 19.2 Å². The Labute approximate surface area is 116 Å². The first-order chi connectivity index (χ1) is 9.61. The number of nitro benzene ring substituents is 1. The highest BCUT2D eigenvalue weighted by molar-refractivity contribution is 5.75. The Hall–Kier alpha value is -2.17. The van der Waals surface area contributed by atoms with Crippen molar-refractivity contribution in [1.29, 1.82) is 0 Å². The van der Waals surface area contributed by atoms with Gasteiger partial charge in [0.15, 0.2) is 0 Å². The second-order valence-electron chi connectivity index (χ2n) is 5.37. The molecular formula is C15H15NO4. The van der Waals surface area contributed by atoms with Gasteiger partial charge in [-0.25, -0.2) is 0 Å². The summed E-state index contributed by atoms with van der Waals surface area (Å²) in [7, 11) is 1.41. The van der Waals surface area contributed by atoms with E-state index in [0.29, 0.717) is 5.92 Å². The van der Waals surface area contributed by atoms with Gasteiger partial charge in [-0.2, -0.15) is 0 Å². The third-order valence-electron chi connectivity index (χ3n) is 4.42. The minimum atomic E-state index is -0.414. The molecule has 104 valence electrons. The van der Waals surface area contributed by atoms with E-state index < -0.39 is 4.92 Å². The van der Waals surface area contributed by atoms with Gasteiger partial charge in [-0.3, -0.25) is 14.9 Å². The average molecular weight is 273 g/mol. The maximum Gasteiger partial charge on any atom is 0.309 e. The summed E-state index contributed by atoms with van der Waals surface area (Å²) >= 11 is 0. The number of esters is 1. The molecule has 1 aromatic rings. The molecule has 5 nitrogen and oxygen atoms in total. The van der Waals surface area contributed by atoms with E-state index in [4.69, 9.17) is 4.74 Å². The van der Waals surface area contributed by atoms with E-state index in [9.17, 15) is 14.9 Å². The maximum atomic E-state index is 12.0. The SMILES string of the molecule is COC(=O)[C@H]1[C@H](c2ccc([N+](=O)[O-])cc2)[C@@H]2C=C[C@H]1C2. The van der Waals surface area contributed by atoms with Crippen molar-refractivity contribution in [2.75, 3.05) is 7.11 Å². The summed E-state index contributed by atoms with van der Waals surface area (Å²) in [5.41, 5.74) is 1.05. The van der Waals surface area contributed by atoms with Crippen LogP contribution in [0.1, 0.15) is 17.9 Å². The molecule has 20 heavy (non-hydrogen) atoms. The summed E-state index contributed by atoms with van der Waals surface area (Å²) in [6.07, 6.45) is 5.20. The van der Waals surface area contributed by atoms with Crippen LogP contribution in [0.5, 0.6) is 0 Å². The standard InChI is InChI=1S/C15H15NO4/c1-20-15(17)14-11-3-2-10(8-11)13(14)9-4-6-12(7-5-9)16(18)19/h2-7,10-11,13-14H,8H2,1H3/t10-,11+,13-,14-/m1/s1. The van der Waals surface area contributed by atoms with Crippen LogP contribution < -0.4 is 0 Å². The Kier molecular flexibility index (Phi) is 3.04. The molecule has 2 aliphatic carbocycles. The third-order valence-corrected chi connectivity index (χ3v) is 4.42. The molecule has 1 saturated carbocycles. The summed E-state index contributed by atoms with van der Waals surface area (Å²) < 4.78 is 4.92. The smallest absolute Gasteiger partial charge is 0.309 e. The lowest BCUT2D eigenvalue weighted by molar-refractivity contribution is -0.384. The first-order valence-electron chi connectivity index (χ1n) is 6.62. The van der Waals surface area contributed by atoms with E-state index in [-0.39, 0.29) is 29.4 Å². The fraction of sp³-hybridized carbons (Fsp3) is 0.400. The number of ether oxygens (including phenoxy) is 1. The van der Waals surface area contributed by atoms with Crippen molar-refractivity contribution in [3.05, 3.63) is 52.1 Å². The highest BCUT2D eigenvalue weighted by Crippen LogP contribution is 2.53. The Morgan fingerprint density at radius 3 is 2.50 bits per heavy atom.